The lowest BCUT2D eigenvalue weighted by Crippen LogP contribution is -2.34. The number of ether oxygens (including phenoxy) is 2. The first-order valence-electron chi connectivity index (χ1n) is 9.33. The van der Waals surface area contributed by atoms with Crippen molar-refractivity contribution < 1.29 is 23.5 Å². The minimum atomic E-state index is -0.255. The van der Waals surface area contributed by atoms with Crippen molar-refractivity contribution in [2.75, 3.05) is 26.7 Å². The van der Waals surface area contributed by atoms with Gasteiger partial charge in [-0.25, -0.2) is 4.98 Å². The molecule has 1 saturated heterocycles. The van der Waals surface area contributed by atoms with E-state index in [0.29, 0.717) is 31.3 Å². The van der Waals surface area contributed by atoms with Crippen molar-refractivity contribution >= 4 is 22.6 Å². The number of hydrogen-bond donors (Lipinski definition) is 1. The molecule has 4 rings (SSSR count). The van der Waals surface area contributed by atoms with Gasteiger partial charge < -0.3 is 24.1 Å². The molecule has 1 fully saturated rings. The fourth-order valence-electron chi connectivity index (χ4n) is 3.17. The van der Waals surface area contributed by atoms with Crippen molar-refractivity contribution in [1.29, 1.82) is 0 Å². The van der Waals surface area contributed by atoms with E-state index < -0.39 is 0 Å². The second-order valence-electron chi connectivity index (χ2n) is 6.68. The summed E-state index contributed by atoms with van der Waals surface area (Å²) in [4.78, 5) is 29.8. The van der Waals surface area contributed by atoms with Gasteiger partial charge in [0.2, 0.25) is 11.8 Å². The number of carbonyl (C=O) groups excluding carboxylic acids is 2. The van der Waals surface area contributed by atoms with Crippen molar-refractivity contribution in [1.82, 2.24) is 15.2 Å². The summed E-state index contributed by atoms with van der Waals surface area (Å²) in [5.74, 6) is 1.44. The molecule has 3 aromatic rings. The lowest BCUT2D eigenvalue weighted by Gasteiger charge is -2.17. The van der Waals surface area contributed by atoms with Crippen LogP contribution in [0.15, 0.2) is 47.1 Å². The Labute approximate surface area is 167 Å². The molecule has 8 nitrogen and oxygen atoms in total. The van der Waals surface area contributed by atoms with Gasteiger partial charge in [-0.05, 0) is 35.0 Å². The molecule has 8 heteroatoms. The van der Waals surface area contributed by atoms with Crippen molar-refractivity contribution in [3.63, 3.8) is 0 Å². The van der Waals surface area contributed by atoms with Crippen LogP contribution in [0.2, 0.25) is 0 Å². The van der Waals surface area contributed by atoms with Crippen LogP contribution in [0.4, 0.5) is 0 Å². The molecule has 2 aromatic carbocycles. The Morgan fingerprint density at radius 3 is 2.79 bits per heavy atom. The maximum Gasteiger partial charge on any atom is 0.275 e. The third-order valence-electron chi connectivity index (χ3n) is 4.75. The Morgan fingerprint density at radius 1 is 1.17 bits per heavy atom. The van der Waals surface area contributed by atoms with E-state index in [2.05, 4.69) is 10.3 Å². The van der Waals surface area contributed by atoms with Crippen LogP contribution in [0, 0.1) is 0 Å². The molecule has 0 saturated carbocycles. The van der Waals surface area contributed by atoms with Gasteiger partial charge in [0.15, 0.2) is 12.3 Å². The topological polar surface area (TPSA) is 93.9 Å². The summed E-state index contributed by atoms with van der Waals surface area (Å²) in [7, 11) is 1.63. The van der Waals surface area contributed by atoms with E-state index in [1.807, 2.05) is 36.4 Å². The molecule has 1 N–H and O–H groups in total. The maximum absolute atomic E-state index is 12.6. The number of nitrogens with zero attached hydrogens (tertiary/aromatic N) is 2. The fourth-order valence-corrected chi connectivity index (χ4v) is 3.17. The number of aromatic nitrogens is 1. The summed E-state index contributed by atoms with van der Waals surface area (Å²) in [5.41, 5.74) is 0.209. The quantitative estimate of drug-likeness (QED) is 0.713. The zero-order valence-corrected chi connectivity index (χ0v) is 16.0. The second kappa shape index (κ2) is 8.22. The summed E-state index contributed by atoms with van der Waals surface area (Å²) in [6, 6.07) is 11.6. The van der Waals surface area contributed by atoms with Gasteiger partial charge in [-0.2, -0.15) is 0 Å². The Morgan fingerprint density at radius 2 is 1.97 bits per heavy atom. The van der Waals surface area contributed by atoms with Gasteiger partial charge in [-0.15, -0.1) is 0 Å². The zero-order valence-electron chi connectivity index (χ0n) is 16.0. The number of nitrogens with one attached hydrogen (secondary N) is 1. The third kappa shape index (κ3) is 4.31. The molecule has 2 heterocycles. The molecular formula is C21H21N3O5. The molecule has 0 spiro atoms. The van der Waals surface area contributed by atoms with Crippen LogP contribution in [0.5, 0.6) is 11.5 Å². The molecule has 29 heavy (non-hydrogen) atoms. The van der Waals surface area contributed by atoms with Gasteiger partial charge in [0.1, 0.15) is 17.8 Å². The first kappa shape index (κ1) is 18.8. The largest absolute Gasteiger partial charge is 0.497 e. The zero-order chi connectivity index (χ0) is 20.2. The van der Waals surface area contributed by atoms with Crippen molar-refractivity contribution in [3.8, 4) is 11.5 Å². The van der Waals surface area contributed by atoms with E-state index in [-0.39, 0.29) is 30.5 Å². The average molecular weight is 395 g/mol. The lowest BCUT2D eigenvalue weighted by molar-refractivity contribution is -0.120. The molecule has 1 aliphatic heterocycles. The van der Waals surface area contributed by atoms with Gasteiger partial charge in [0.25, 0.3) is 5.91 Å². The molecule has 150 valence electrons. The molecule has 0 aliphatic carbocycles. The summed E-state index contributed by atoms with van der Waals surface area (Å²) in [6.07, 6.45) is 1.61. The van der Waals surface area contributed by atoms with Gasteiger partial charge in [0, 0.05) is 26.1 Å². The number of hydrogen-bond acceptors (Lipinski definition) is 6. The second-order valence-corrected chi connectivity index (χ2v) is 6.68. The third-order valence-corrected chi connectivity index (χ3v) is 4.75. The highest BCUT2D eigenvalue weighted by atomic mass is 16.5. The van der Waals surface area contributed by atoms with Crippen LogP contribution in [-0.2, 0) is 11.4 Å². The van der Waals surface area contributed by atoms with Gasteiger partial charge in [-0.3, -0.25) is 9.59 Å². The number of carbonyl (C=O) groups is 2. The molecular weight excluding hydrogens is 374 g/mol. The highest BCUT2D eigenvalue weighted by molar-refractivity contribution is 5.92. The predicted octanol–water partition coefficient (Wildman–Crippen LogP) is 2.38. The minimum absolute atomic E-state index is 0.0532. The predicted molar refractivity (Wildman–Crippen MR) is 105 cm³/mol. The van der Waals surface area contributed by atoms with Gasteiger partial charge in [0.05, 0.1) is 7.11 Å². The Balaban J connectivity index is 1.41. The molecule has 0 atom stereocenters. The van der Waals surface area contributed by atoms with E-state index in [0.717, 1.165) is 16.5 Å². The number of amides is 2. The first-order valence-corrected chi connectivity index (χ1v) is 9.33. The van der Waals surface area contributed by atoms with E-state index in [9.17, 15) is 9.59 Å². The Bertz CT molecular complexity index is 1050. The molecule has 0 unspecified atom stereocenters. The molecule has 1 aliphatic rings. The first-order chi connectivity index (χ1) is 14.1. The van der Waals surface area contributed by atoms with Crippen LogP contribution < -0.4 is 14.8 Å². The van der Waals surface area contributed by atoms with Crippen LogP contribution in [0.3, 0.4) is 0 Å². The van der Waals surface area contributed by atoms with Crippen LogP contribution in [0.1, 0.15) is 22.8 Å². The van der Waals surface area contributed by atoms with E-state index in [1.54, 1.807) is 12.0 Å². The average Bonchev–Trinajstić information content (AvgIpc) is 3.12. The fraction of sp³-hybridized carbons (Fsp3) is 0.286. The number of benzene rings is 2. The summed E-state index contributed by atoms with van der Waals surface area (Å²) < 4.78 is 16.4. The highest BCUT2D eigenvalue weighted by Gasteiger charge is 2.22. The lowest BCUT2D eigenvalue weighted by atomic mass is 10.1. The van der Waals surface area contributed by atoms with Crippen molar-refractivity contribution in [2.24, 2.45) is 0 Å². The standard InChI is InChI=1S/C21H21N3O5/c1-27-16-4-2-14-3-5-17(11-15(14)10-16)28-13-20-23-18(12-29-20)21(26)24-8-6-19(25)22-7-9-24/h2-5,10-12H,6-9,13H2,1H3,(H,22,25). The van der Waals surface area contributed by atoms with Gasteiger partial charge in [-0.1, -0.05) is 12.1 Å². The summed E-state index contributed by atoms with van der Waals surface area (Å²) in [6.45, 7) is 1.35. The summed E-state index contributed by atoms with van der Waals surface area (Å²) in [5, 5.41) is 4.81. The Kier molecular flexibility index (Phi) is 5.33. The van der Waals surface area contributed by atoms with E-state index in [1.165, 1.54) is 6.26 Å². The molecule has 0 bridgehead atoms. The van der Waals surface area contributed by atoms with Crippen molar-refractivity contribution in [2.45, 2.75) is 13.0 Å². The number of oxazole rings is 1. The minimum Gasteiger partial charge on any atom is -0.497 e. The van der Waals surface area contributed by atoms with Crippen LogP contribution in [0.25, 0.3) is 10.8 Å². The smallest absolute Gasteiger partial charge is 0.275 e. The summed E-state index contributed by atoms with van der Waals surface area (Å²) >= 11 is 0. The monoisotopic (exact) mass is 395 g/mol. The normalized spacial score (nSPS) is 14.4. The molecule has 1 aromatic heterocycles. The number of methoxy groups -OCH3 is 1. The van der Waals surface area contributed by atoms with E-state index in [4.69, 9.17) is 13.9 Å². The van der Waals surface area contributed by atoms with Crippen LogP contribution >= 0.6 is 0 Å². The molecule has 2 amide bonds. The molecule has 0 radical (unpaired) electrons. The van der Waals surface area contributed by atoms with Gasteiger partial charge >= 0.3 is 0 Å². The SMILES string of the molecule is COc1ccc2ccc(OCc3nc(C(=O)N4CCNC(=O)CC4)co3)cc2c1. The van der Waals surface area contributed by atoms with Crippen molar-refractivity contribution in [3.05, 3.63) is 54.2 Å². The Hall–Kier alpha value is -3.55. The number of rotatable bonds is 5. The number of fused-ring (bicyclic) bond motifs is 1. The van der Waals surface area contributed by atoms with E-state index >= 15 is 0 Å². The maximum atomic E-state index is 12.6. The highest BCUT2D eigenvalue weighted by Crippen LogP contribution is 2.25. The van der Waals surface area contributed by atoms with Crippen LogP contribution in [-0.4, -0.2) is 48.4 Å².